The normalized spacial score (nSPS) is 20.2. The van der Waals surface area contributed by atoms with E-state index in [0.717, 1.165) is 16.8 Å². The number of anilines is 1. The van der Waals surface area contributed by atoms with Crippen LogP contribution in [0.1, 0.15) is 31.1 Å². The summed E-state index contributed by atoms with van der Waals surface area (Å²) in [4.78, 5) is 11.8. The highest BCUT2D eigenvalue weighted by Crippen LogP contribution is 2.29. The Kier molecular flexibility index (Phi) is 7.30. The Morgan fingerprint density at radius 1 is 1.46 bits per heavy atom. The second kappa shape index (κ2) is 9.68. The highest BCUT2D eigenvalue weighted by molar-refractivity contribution is 5.86. The molecule has 0 spiro atoms. The highest BCUT2D eigenvalue weighted by Gasteiger charge is 2.19. The zero-order valence-corrected chi connectivity index (χ0v) is 14.9. The average Bonchev–Trinajstić information content (AvgIpc) is 2.77. The summed E-state index contributed by atoms with van der Waals surface area (Å²) < 4.78 is 5.57. The smallest absolute Gasteiger partial charge is 0.315 e. The molecule has 1 aromatic carbocycles. The van der Waals surface area contributed by atoms with E-state index in [1.54, 1.807) is 0 Å². The van der Waals surface area contributed by atoms with E-state index in [-0.39, 0.29) is 31.1 Å². The van der Waals surface area contributed by atoms with Crippen LogP contribution in [0.15, 0.2) is 33.6 Å². The molecular weight excluding hydrogens is 338 g/mol. The fourth-order valence-electron chi connectivity index (χ4n) is 2.34. The molecule has 0 aliphatic carbocycles. The van der Waals surface area contributed by atoms with Crippen LogP contribution >= 0.6 is 0 Å². The minimum atomic E-state index is -0.738. The van der Waals surface area contributed by atoms with Crippen LogP contribution in [0.3, 0.4) is 0 Å². The number of hydrogen-bond donors (Lipinski definition) is 5. The van der Waals surface area contributed by atoms with Gasteiger partial charge in [0, 0.05) is 17.8 Å². The fraction of sp³-hybridized carbons (Fsp3) is 0.500. The number of nitrogens with two attached hydrogens (primary N) is 1. The van der Waals surface area contributed by atoms with E-state index in [0.29, 0.717) is 13.1 Å². The number of nitrogens with one attached hydrogen (secondary N) is 3. The van der Waals surface area contributed by atoms with Crippen molar-refractivity contribution in [1.82, 2.24) is 10.6 Å². The van der Waals surface area contributed by atoms with E-state index >= 15 is 0 Å². The lowest BCUT2D eigenvalue weighted by molar-refractivity contribution is 0.0138. The third-order valence-electron chi connectivity index (χ3n) is 3.64. The van der Waals surface area contributed by atoms with Crippen LogP contribution in [0, 0.1) is 0 Å². The topological polar surface area (TPSA) is 146 Å². The highest BCUT2D eigenvalue weighted by atomic mass is 16.5. The molecule has 6 N–H and O–H groups in total. The van der Waals surface area contributed by atoms with Crippen LogP contribution in [0.5, 0.6) is 0 Å². The number of hydrogen-bond acceptors (Lipinski definition) is 6. The van der Waals surface area contributed by atoms with Crippen molar-refractivity contribution >= 4 is 17.6 Å². The van der Waals surface area contributed by atoms with Crippen LogP contribution in [0.25, 0.3) is 0 Å². The molecular formula is C16H25N7O3. The van der Waals surface area contributed by atoms with Crippen molar-refractivity contribution in [1.29, 1.82) is 0 Å². The molecule has 0 radical (unpaired) electrons. The summed E-state index contributed by atoms with van der Waals surface area (Å²) >= 11 is 0. The Balaban J connectivity index is 1.87. The first-order valence-electron chi connectivity index (χ1n) is 8.39. The van der Waals surface area contributed by atoms with Crippen molar-refractivity contribution < 1.29 is 14.6 Å². The van der Waals surface area contributed by atoms with Gasteiger partial charge in [-0.2, -0.15) is 5.11 Å². The number of nitrogens with zero attached hydrogens (tertiary/aromatic N) is 3. The number of ether oxygens (including phenoxy) is 1. The number of carbonyl (C=O) groups is 1. The van der Waals surface area contributed by atoms with Gasteiger partial charge in [-0.15, -0.1) is 5.10 Å². The van der Waals surface area contributed by atoms with Gasteiger partial charge < -0.3 is 31.5 Å². The SMILES string of the molecule is CCN=N/N=C(\N)CNC(=O)NCc1ccc2c(c1)[C@H](C)OC[C@@H](O)N2. The molecule has 1 aliphatic rings. The van der Waals surface area contributed by atoms with Crippen LogP contribution < -0.4 is 21.7 Å². The fourth-order valence-corrected chi connectivity index (χ4v) is 2.34. The van der Waals surface area contributed by atoms with Gasteiger partial charge in [0.05, 0.1) is 25.8 Å². The van der Waals surface area contributed by atoms with Crippen molar-refractivity contribution in [3.8, 4) is 0 Å². The molecule has 10 nitrogen and oxygen atoms in total. The van der Waals surface area contributed by atoms with Crippen molar-refractivity contribution in [2.45, 2.75) is 32.7 Å². The van der Waals surface area contributed by atoms with Crippen molar-refractivity contribution in [3.63, 3.8) is 0 Å². The molecule has 0 saturated carbocycles. The molecule has 0 bridgehead atoms. The molecule has 142 valence electrons. The van der Waals surface area contributed by atoms with Gasteiger partial charge in [-0.3, -0.25) is 0 Å². The molecule has 0 unspecified atom stereocenters. The van der Waals surface area contributed by atoms with E-state index in [9.17, 15) is 9.90 Å². The number of amidine groups is 1. The Morgan fingerprint density at radius 3 is 3.04 bits per heavy atom. The van der Waals surface area contributed by atoms with Crippen molar-refractivity contribution in [2.75, 3.05) is 25.0 Å². The number of carbonyl (C=O) groups excluding carboxylic acids is 1. The van der Waals surface area contributed by atoms with Gasteiger partial charge in [-0.1, -0.05) is 6.07 Å². The summed E-state index contributed by atoms with van der Waals surface area (Å²) in [7, 11) is 0. The van der Waals surface area contributed by atoms with E-state index in [4.69, 9.17) is 10.5 Å². The number of aliphatic hydroxyl groups is 1. The zero-order chi connectivity index (χ0) is 18.9. The Labute approximate surface area is 151 Å². The summed E-state index contributed by atoms with van der Waals surface area (Å²) in [6.45, 7) is 4.89. The van der Waals surface area contributed by atoms with Gasteiger partial charge in [0.1, 0.15) is 12.1 Å². The molecule has 1 aliphatic heterocycles. The molecule has 2 atom stereocenters. The minimum absolute atomic E-state index is 0.0748. The summed E-state index contributed by atoms with van der Waals surface area (Å²) in [6, 6.07) is 5.30. The number of benzene rings is 1. The van der Waals surface area contributed by atoms with Crippen molar-refractivity contribution in [3.05, 3.63) is 29.3 Å². The van der Waals surface area contributed by atoms with E-state index in [1.807, 2.05) is 32.0 Å². The third kappa shape index (κ3) is 5.97. The average molecular weight is 363 g/mol. The molecule has 0 saturated heterocycles. The summed E-state index contributed by atoms with van der Waals surface area (Å²) in [5.74, 6) is 0.165. The maximum absolute atomic E-state index is 11.8. The standard InChI is InChI=1S/C16H25N7O3/c1-3-20-23-22-14(17)8-19-16(25)18-7-11-4-5-13-12(6-11)10(2)26-9-15(24)21-13/h4-6,10,15,21,24H,3,7-9H2,1-2H3,(H2,17,20,22)(H2,18,19,25)/t10-,15+/m0/s1. The number of amides is 2. The third-order valence-corrected chi connectivity index (χ3v) is 3.64. The quantitative estimate of drug-likeness (QED) is 0.222. The molecule has 10 heteroatoms. The van der Waals surface area contributed by atoms with Gasteiger partial charge in [0.15, 0.2) is 0 Å². The largest absolute Gasteiger partial charge is 0.384 e. The van der Waals surface area contributed by atoms with E-state index in [2.05, 4.69) is 31.4 Å². The first-order chi connectivity index (χ1) is 12.5. The minimum Gasteiger partial charge on any atom is -0.384 e. The molecule has 2 rings (SSSR count). The first-order valence-corrected chi connectivity index (χ1v) is 8.39. The number of urea groups is 1. The molecule has 26 heavy (non-hydrogen) atoms. The monoisotopic (exact) mass is 363 g/mol. The Hall–Kier alpha value is -2.72. The van der Waals surface area contributed by atoms with Crippen LogP contribution in [-0.2, 0) is 11.3 Å². The maximum Gasteiger partial charge on any atom is 0.315 e. The predicted octanol–water partition coefficient (Wildman–Crippen LogP) is 1.05. The maximum atomic E-state index is 11.8. The molecule has 1 aromatic rings. The van der Waals surface area contributed by atoms with Crippen LogP contribution in [-0.4, -0.2) is 42.9 Å². The number of aliphatic hydroxyl groups excluding tert-OH is 1. The van der Waals surface area contributed by atoms with E-state index in [1.165, 1.54) is 0 Å². The lowest BCUT2D eigenvalue weighted by Gasteiger charge is -2.15. The van der Waals surface area contributed by atoms with Crippen LogP contribution in [0.2, 0.25) is 0 Å². The lowest BCUT2D eigenvalue weighted by atomic mass is 10.0. The van der Waals surface area contributed by atoms with Gasteiger partial charge in [-0.25, -0.2) is 4.79 Å². The number of rotatable bonds is 6. The Bertz CT molecular complexity index is 678. The summed E-state index contributed by atoms with van der Waals surface area (Å²) in [5.41, 5.74) is 8.26. The molecule has 0 aromatic heterocycles. The predicted molar refractivity (Wildman–Crippen MR) is 97.7 cm³/mol. The van der Waals surface area contributed by atoms with Gasteiger partial charge in [0.25, 0.3) is 0 Å². The van der Waals surface area contributed by atoms with Gasteiger partial charge in [0.2, 0.25) is 0 Å². The van der Waals surface area contributed by atoms with E-state index < -0.39 is 6.23 Å². The lowest BCUT2D eigenvalue weighted by Crippen LogP contribution is -2.40. The van der Waals surface area contributed by atoms with Gasteiger partial charge in [-0.05, 0) is 36.8 Å². The Morgan fingerprint density at radius 2 is 2.27 bits per heavy atom. The zero-order valence-electron chi connectivity index (χ0n) is 14.9. The second-order valence-electron chi connectivity index (χ2n) is 5.73. The number of fused-ring (bicyclic) bond motifs is 1. The second-order valence-corrected chi connectivity index (χ2v) is 5.73. The molecule has 2 amide bonds. The first kappa shape index (κ1) is 19.6. The van der Waals surface area contributed by atoms with Crippen LogP contribution in [0.4, 0.5) is 10.5 Å². The van der Waals surface area contributed by atoms with Crippen molar-refractivity contribution in [2.24, 2.45) is 21.2 Å². The summed E-state index contributed by atoms with van der Waals surface area (Å²) in [6.07, 6.45) is -0.894. The molecule has 1 heterocycles. The summed E-state index contributed by atoms with van der Waals surface area (Å²) in [5, 5.41) is 28.9. The molecule has 0 fully saturated rings. The van der Waals surface area contributed by atoms with Gasteiger partial charge >= 0.3 is 6.03 Å².